The van der Waals surface area contributed by atoms with Gasteiger partial charge in [-0.2, -0.15) is 0 Å². The maximum atomic E-state index is 5.80. The van der Waals surface area contributed by atoms with Gasteiger partial charge in [0.2, 0.25) is 0 Å². The van der Waals surface area contributed by atoms with Gasteiger partial charge in [0.15, 0.2) is 0 Å². The third-order valence-corrected chi connectivity index (χ3v) is 4.14. The number of hydrogen-bond donors (Lipinski definition) is 0. The average molecular weight is 338 g/mol. The number of ether oxygens (including phenoxy) is 1. The Morgan fingerprint density at radius 1 is 1.21 bits per heavy atom. The van der Waals surface area contributed by atoms with Gasteiger partial charge < -0.3 is 4.74 Å². The first-order chi connectivity index (χ1) is 11.9. The van der Waals surface area contributed by atoms with Gasteiger partial charge in [-0.15, -0.1) is 10.2 Å². The summed E-state index contributed by atoms with van der Waals surface area (Å²) >= 11 is 1.40. The first-order valence-corrected chi connectivity index (χ1v) is 8.26. The van der Waals surface area contributed by atoms with E-state index in [-0.39, 0.29) is 0 Å². The molecule has 0 fully saturated rings. The Kier molecular flexibility index (Phi) is 3.80. The number of aromatic nitrogens is 6. The van der Waals surface area contributed by atoms with Crippen LogP contribution in [0.5, 0.6) is 5.75 Å². The van der Waals surface area contributed by atoms with E-state index >= 15 is 0 Å². The summed E-state index contributed by atoms with van der Waals surface area (Å²) in [5.74, 6) is 1.61. The van der Waals surface area contributed by atoms with Crippen molar-refractivity contribution in [1.82, 2.24) is 28.7 Å². The van der Waals surface area contributed by atoms with E-state index in [1.54, 1.807) is 18.9 Å². The summed E-state index contributed by atoms with van der Waals surface area (Å²) < 4.78 is 13.8. The fraction of sp³-hybridized carbons (Fsp3) is 0.125. The molecule has 1 aromatic carbocycles. The van der Waals surface area contributed by atoms with Crippen LogP contribution in [-0.2, 0) is 0 Å². The minimum atomic E-state index is 0.586. The number of hydrogen-bond acceptors (Lipinski definition) is 6. The maximum absolute atomic E-state index is 5.80. The molecule has 24 heavy (non-hydrogen) atoms. The monoisotopic (exact) mass is 338 g/mol. The summed E-state index contributed by atoms with van der Waals surface area (Å²) in [4.78, 5) is 4.47. The molecule has 0 amide bonds. The van der Waals surface area contributed by atoms with Crippen molar-refractivity contribution in [3.05, 3.63) is 54.8 Å². The van der Waals surface area contributed by atoms with Crippen molar-refractivity contribution >= 4 is 11.5 Å². The minimum absolute atomic E-state index is 0.586. The molecule has 3 aromatic heterocycles. The van der Waals surface area contributed by atoms with Gasteiger partial charge in [-0.1, -0.05) is 0 Å². The Morgan fingerprint density at radius 3 is 2.83 bits per heavy atom. The molecule has 0 spiro atoms. The molecule has 120 valence electrons. The van der Waals surface area contributed by atoms with Crippen LogP contribution in [0, 0.1) is 0 Å². The number of benzene rings is 1. The largest absolute Gasteiger partial charge is 0.492 e. The van der Waals surface area contributed by atoms with Crippen LogP contribution < -0.4 is 4.74 Å². The van der Waals surface area contributed by atoms with Crippen molar-refractivity contribution in [1.29, 1.82) is 0 Å². The lowest BCUT2D eigenvalue weighted by molar-refractivity contribution is 0.339. The Hall–Kier alpha value is -3.00. The minimum Gasteiger partial charge on any atom is -0.492 e. The second kappa shape index (κ2) is 6.25. The zero-order valence-electron chi connectivity index (χ0n) is 12.9. The van der Waals surface area contributed by atoms with Gasteiger partial charge in [0.25, 0.3) is 0 Å². The van der Waals surface area contributed by atoms with Gasteiger partial charge in [0.1, 0.15) is 24.2 Å². The Morgan fingerprint density at radius 2 is 2.08 bits per heavy atom. The van der Waals surface area contributed by atoms with E-state index in [4.69, 9.17) is 4.74 Å². The molecule has 8 heteroatoms. The standard InChI is InChI=1S/C16H14N6OS/c1-2-23-15-4-3-13(21-10-18-19-11-21)7-14(15)22-6-5-17-16(22)12-8-20-24-9-12/h3-11H,2H2,1H3. The van der Waals surface area contributed by atoms with Crippen molar-refractivity contribution in [3.63, 3.8) is 0 Å². The fourth-order valence-corrected chi connectivity index (χ4v) is 3.01. The molecule has 0 atom stereocenters. The molecule has 0 aliphatic rings. The zero-order valence-corrected chi connectivity index (χ0v) is 13.7. The lowest BCUT2D eigenvalue weighted by Crippen LogP contribution is -2.03. The summed E-state index contributed by atoms with van der Waals surface area (Å²) in [7, 11) is 0. The van der Waals surface area contributed by atoms with Crippen molar-refractivity contribution < 1.29 is 4.74 Å². The van der Waals surface area contributed by atoms with Crippen LogP contribution in [0.3, 0.4) is 0 Å². The zero-order chi connectivity index (χ0) is 16.4. The highest BCUT2D eigenvalue weighted by molar-refractivity contribution is 7.03. The summed E-state index contributed by atoms with van der Waals surface area (Å²) in [5, 5.41) is 9.70. The van der Waals surface area contributed by atoms with Crippen LogP contribution in [0.2, 0.25) is 0 Å². The topological polar surface area (TPSA) is 70.7 Å². The van der Waals surface area contributed by atoms with Crippen molar-refractivity contribution in [2.45, 2.75) is 6.92 Å². The molecule has 0 N–H and O–H groups in total. The second-order valence-corrected chi connectivity index (χ2v) is 5.65. The molecule has 4 aromatic rings. The van der Waals surface area contributed by atoms with Crippen LogP contribution in [0.1, 0.15) is 6.92 Å². The van der Waals surface area contributed by atoms with E-state index in [2.05, 4.69) is 19.6 Å². The molecule has 3 heterocycles. The molecule has 0 aliphatic carbocycles. The SMILES string of the molecule is CCOc1ccc(-n2cnnc2)cc1-n1ccnc1-c1cnsc1. The quantitative estimate of drug-likeness (QED) is 0.559. The fourth-order valence-electron chi connectivity index (χ4n) is 2.49. The lowest BCUT2D eigenvalue weighted by Gasteiger charge is -2.14. The molecular weight excluding hydrogens is 324 g/mol. The van der Waals surface area contributed by atoms with E-state index in [1.165, 1.54) is 11.5 Å². The molecule has 0 bridgehead atoms. The van der Waals surface area contributed by atoms with Gasteiger partial charge in [0, 0.05) is 23.3 Å². The summed E-state index contributed by atoms with van der Waals surface area (Å²) in [5.41, 5.74) is 2.82. The highest BCUT2D eigenvalue weighted by Crippen LogP contribution is 2.30. The molecule has 0 aliphatic heterocycles. The summed E-state index contributed by atoms with van der Waals surface area (Å²) in [6.07, 6.45) is 8.83. The van der Waals surface area contributed by atoms with Gasteiger partial charge in [0.05, 0.1) is 24.2 Å². The van der Waals surface area contributed by atoms with Crippen LogP contribution in [0.15, 0.2) is 54.8 Å². The van der Waals surface area contributed by atoms with Crippen molar-refractivity contribution in [2.24, 2.45) is 0 Å². The maximum Gasteiger partial charge on any atom is 0.147 e. The lowest BCUT2D eigenvalue weighted by atomic mass is 10.2. The molecule has 0 saturated heterocycles. The summed E-state index contributed by atoms with van der Waals surface area (Å²) in [6, 6.07) is 5.95. The normalized spacial score (nSPS) is 10.9. The Labute approximate surface area is 142 Å². The molecule has 0 saturated carbocycles. The van der Waals surface area contributed by atoms with E-state index < -0.39 is 0 Å². The Bertz CT molecular complexity index is 930. The van der Waals surface area contributed by atoms with Crippen molar-refractivity contribution in [2.75, 3.05) is 6.61 Å². The first-order valence-electron chi connectivity index (χ1n) is 7.42. The smallest absolute Gasteiger partial charge is 0.147 e. The number of nitrogens with zero attached hydrogens (tertiary/aromatic N) is 6. The molecule has 7 nitrogen and oxygen atoms in total. The van der Waals surface area contributed by atoms with Gasteiger partial charge >= 0.3 is 0 Å². The van der Waals surface area contributed by atoms with Gasteiger partial charge in [-0.3, -0.25) is 9.13 Å². The third kappa shape index (κ3) is 2.56. The second-order valence-electron chi connectivity index (χ2n) is 4.99. The average Bonchev–Trinajstić information content (AvgIpc) is 3.35. The van der Waals surface area contributed by atoms with Crippen LogP contribution in [0.25, 0.3) is 22.8 Å². The Balaban J connectivity index is 1.87. The molecule has 0 unspecified atom stereocenters. The number of rotatable bonds is 5. The van der Waals surface area contributed by atoms with E-state index in [0.717, 1.165) is 28.5 Å². The van der Waals surface area contributed by atoms with Crippen molar-refractivity contribution in [3.8, 4) is 28.5 Å². The van der Waals surface area contributed by atoms with Gasteiger partial charge in [-0.25, -0.2) is 9.36 Å². The highest BCUT2D eigenvalue weighted by Gasteiger charge is 2.14. The molecule has 0 radical (unpaired) electrons. The van der Waals surface area contributed by atoms with Crippen LogP contribution >= 0.6 is 11.5 Å². The first kappa shape index (κ1) is 14.6. The summed E-state index contributed by atoms with van der Waals surface area (Å²) in [6.45, 7) is 2.55. The van der Waals surface area contributed by atoms with Crippen LogP contribution in [-0.4, -0.2) is 35.3 Å². The van der Waals surface area contributed by atoms with E-state index in [9.17, 15) is 0 Å². The molecular formula is C16H14N6OS. The van der Waals surface area contributed by atoms with Gasteiger partial charge in [-0.05, 0) is 36.7 Å². The highest BCUT2D eigenvalue weighted by atomic mass is 32.1. The number of imidazole rings is 1. The van der Waals surface area contributed by atoms with E-state index in [1.807, 2.05) is 52.0 Å². The predicted octanol–water partition coefficient (Wildman–Crippen LogP) is 2.98. The predicted molar refractivity (Wildman–Crippen MR) is 90.8 cm³/mol. The third-order valence-electron chi connectivity index (χ3n) is 3.55. The molecule has 4 rings (SSSR count). The van der Waals surface area contributed by atoms with E-state index in [0.29, 0.717) is 6.61 Å². The van der Waals surface area contributed by atoms with Crippen LogP contribution in [0.4, 0.5) is 0 Å².